The highest BCUT2D eigenvalue weighted by molar-refractivity contribution is 7.71. The Balaban J connectivity index is 1.84. The van der Waals surface area contributed by atoms with Gasteiger partial charge in [-0.3, -0.25) is 0 Å². The molecule has 3 rings (SSSR count). The van der Waals surface area contributed by atoms with Crippen LogP contribution in [-0.2, 0) is 6.67 Å². The monoisotopic (exact) mass is 320 g/mol. The van der Waals surface area contributed by atoms with Crippen molar-refractivity contribution in [3.8, 4) is 5.69 Å². The predicted octanol–water partition coefficient (Wildman–Crippen LogP) is 0.412. The minimum absolute atomic E-state index is 0.215. The first-order chi connectivity index (χ1) is 10.5. The van der Waals surface area contributed by atoms with Gasteiger partial charge in [0, 0.05) is 0 Å². The van der Waals surface area contributed by atoms with Gasteiger partial charge in [-0.05, 0) is 72.6 Å². The third-order valence-electron chi connectivity index (χ3n) is 4.06. The Bertz CT molecular complexity index is 703. The molecular weight excluding hydrogens is 298 g/mol. The first kappa shape index (κ1) is 15.3. The summed E-state index contributed by atoms with van der Waals surface area (Å²) in [6.07, 6.45) is 1.71. The van der Waals surface area contributed by atoms with Crippen molar-refractivity contribution < 1.29 is 10.0 Å². The van der Waals surface area contributed by atoms with Gasteiger partial charge in [0.15, 0.2) is 6.67 Å². The molecule has 118 valence electrons. The Hall–Kier alpha value is -1.57. The lowest BCUT2D eigenvalue weighted by molar-refractivity contribution is -0.931. The number of quaternary nitrogens is 1. The fourth-order valence-electron chi connectivity index (χ4n) is 3.09. The van der Waals surface area contributed by atoms with Crippen molar-refractivity contribution in [1.29, 1.82) is 0 Å². The molecule has 0 aliphatic carbocycles. The highest BCUT2D eigenvalue weighted by atomic mass is 32.1. The maximum atomic E-state index is 9.77. The summed E-state index contributed by atoms with van der Waals surface area (Å²) in [5, 5.41) is 18.2. The van der Waals surface area contributed by atoms with Gasteiger partial charge in [0.1, 0.15) is 12.6 Å². The van der Waals surface area contributed by atoms with Crippen LogP contribution < -0.4 is 4.90 Å². The lowest BCUT2D eigenvalue weighted by Gasteiger charge is -2.26. The molecule has 0 spiro atoms. The lowest BCUT2D eigenvalue weighted by atomic mass is 10.1. The Morgan fingerprint density at radius 3 is 2.68 bits per heavy atom. The molecule has 2 aromatic rings. The van der Waals surface area contributed by atoms with Gasteiger partial charge in [-0.15, -0.1) is 0 Å². The van der Waals surface area contributed by atoms with E-state index >= 15 is 0 Å². The topological polar surface area (TPSA) is 60.3 Å². The standard InChI is InChI=1S/C15H21N5OS/c1-11-6-12(2)8-13(7-11)20-15(22)19(16-17-20)10-18-5-3-4-14(21)9-18/h6-8,14,21H,3-5,9-10H2,1-2H3/p+1/t14-/m1/s1. The fraction of sp³-hybridized carbons (Fsp3) is 0.533. The van der Waals surface area contributed by atoms with Gasteiger partial charge in [0.25, 0.3) is 0 Å². The fourth-order valence-corrected chi connectivity index (χ4v) is 3.33. The molecule has 0 amide bonds. The minimum Gasteiger partial charge on any atom is -0.387 e. The average Bonchev–Trinajstić information content (AvgIpc) is 2.79. The predicted molar refractivity (Wildman–Crippen MR) is 85.6 cm³/mol. The lowest BCUT2D eigenvalue weighted by Crippen LogP contribution is -3.13. The average molecular weight is 320 g/mol. The number of aromatic nitrogens is 4. The summed E-state index contributed by atoms with van der Waals surface area (Å²) in [4.78, 5) is 1.29. The van der Waals surface area contributed by atoms with E-state index in [2.05, 4.69) is 42.5 Å². The number of hydrogen-bond donors (Lipinski definition) is 2. The van der Waals surface area contributed by atoms with Gasteiger partial charge >= 0.3 is 0 Å². The van der Waals surface area contributed by atoms with Gasteiger partial charge in [0.05, 0.1) is 12.2 Å². The van der Waals surface area contributed by atoms with E-state index in [1.165, 1.54) is 16.0 Å². The van der Waals surface area contributed by atoms with E-state index in [9.17, 15) is 5.11 Å². The number of hydrogen-bond acceptors (Lipinski definition) is 4. The minimum atomic E-state index is -0.215. The molecule has 2 heterocycles. The first-order valence-corrected chi connectivity index (χ1v) is 8.07. The van der Waals surface area contributed by atoms with E-state index < -0.39 is 0 Å². The van der Waals surface area contributed by atoms with Crippen LogP contribution in [-0.4, -0.2) is 44.1 Å². The van der Waals surface area contributed by atoms with E-state index in [-0.39, 0.29) is 6.10 Å². The van der Waals surface area contributed by atoms with E-state index in [0.29, 0.717) is 11.4 Å². The Morgan fingerprint density at radius 2 is 2.00 bits per heavy atom. The summed E-state index contributed by atoms with van der Waals surface area (Å²) in [7, 11) is 0. The smallest absolute Gasteiger partial charge is 0.225 e. The molecule has 1 aliphatic heterocycles. The summed E-state index contributed by atoms with van der Waals surface area (Å²) in [5.74, 6) is 0. The van der Waals surface area contributed by atoms with Crippen LogP contribution in [0.5, 0.6) is 0 Å². The number of benzene rings is 1. The molecule has 0 radical (unpaired) electrons. The van der Waals surface area contributed by atoms with Crippen molar-refractivity contribution in [3.05, 3.63) is 34.1 Å². The van der Waals surface area contributed by atoms with Crippen LogP contribution in [0.1, 0.15) is 24.0 Å². The van der Waals surface area contributed by atoms with Crippen LogP contribution in [0.25, 0.3) is 5.69 Å². The van der Waals surface area contributed by atoms with Gasteiger partial charge in [0.2, 0.25) is 4.77 Å². The molecule has 6 nitrogen and oxygen atoms in total. The van der Waals surface area contributed by atoms with Gasteiger partial charge in [-0.25, -0.2) is 0 Å². The van der Waals surface area contributed by atoms with Gasteiger partial charge < -0.3 is 10.0 Å². The highest BCUT2D eigenvalue weighted by Crippen LogP contribution is 2.12. The van der Waals surface area contributed by atoms with E-state index in [1.807, 2.05) is 0 Å². The van der Waals surface area contributed by atoms with Gasteiger partial charge in [-0.2, -0.15) is 9.36 Å². The van der Waals surface area contributed by atoms with E-state index in [4.69, 9.17) is 12.2 Å². The number of nitrogens with one attached hydrogen (secondary N) is 1. The molecule has 0 bridgehead atoms. The van der Waals surface area contributed by atoms with Gasteiger partial charge in [-0.1, -0.05) is 6.07 Å². The molecule has 1 aromatic heterocycles. The van der Waals surface area contributed by atoms with Crippen molar-refractivity contribution in [2.75, 3.05) is 13.1 Å². The van der Waals surface area contributed by atoms with Crippen LogP contribution in [0.4, 0.5) is 0 Å². The van der Waals surface area contributed by atoms with Crippen LogP contribution in [0.3, 0.4) is 0 Å². The third kappa shape index (κ3) is 3.26. The van der Waals surface area contributed by atoms with Crippen molar-refractivity contribution in [1.82, 2.24) is 19.8 Å². The molecule has 0 saturated carbocycles. The third-order valence-corrected chi connectivity index (χ3v) is 4.44. The number of aryl methyl sites for hydroxylation is 2. The molecule has 1 unspecified atom stereocenters. The zero-order valence-electron chi connectivity index (χ0n) is 13.0. The summed E-state index contributed by atoms with van der Waals surface area (Å²) in [5.41, 5.74) is 3.30. The van der Waals surface area contributed by atoms with Crippen LogP contribution >= 0.6 is 12.2 Å². The normalized spacial score (nSPS) is 22.0. The van der Waals surface area contributed by atoms with Crippen molar-refractivity contribution in [2.45, 2.75) is 39.5 Å². The number of nitrogens with zero attached hydrogens (tertiary/aromatic N) is 4. The van der Waals surface area contributed by atoms with Crippen LogP contribution in [0.2, 0.25) is 0 Å². The zero-order valence-corrected chi connectivity index (χ0v) is 13.8. The SMILES string of the molecule is Cc1cc(C)cc(-n2nnn(C[NH+]3CCC[C@@H](O)C3)c2=S)c1. The Morgan fingerprint density at radius 1 is 1.27 bits per heavy atom. The van der Waals surface area contributed by atoms with Crippen molar-refractivity contribution in [3.63, 3.8) is 0 Å². The number of tetrazole rings is 1. The Labute approximate surface area is 135 Å². The second kappa shape index (κ2) is 6.28. The molecule has 2 N–H and O–H groups in total. The number of likely N-dealkylation sites (tertiary alicyclic amines) is 1. The summed E-state index contributed by atoms with van der Waals surface area (Å²) < 4.78 is 4.05. The molecule has 1 saturated heterocycles. The first-order valence-electron chi connectivity index (χ1n) is 7.66. The number of aliphatic hydroxyl groups excluding tert-OH is 1. The molecule has 1 aromatic carbocycles. The molecule has 22 heavy (non-hydrogen) atoms. The van der Waals surface area contributed by atoms with Crippen LogP contribution in [0, 0.1) is 18.6 Å². The molecule has 1 aliphatic rings. The second-order valence-electron chi connectivity index (χ2n) is 6.18. The Kier molecular flexibility index (Phi) is 4.37. The number of aliphatic hydroxyl groups is 1. The number of rotatable bonds is 3. The van der Waals surface area contributed by atoms with Crippen LogP contribution in [0.15, 0.2) is 18.2 Å². The van der Waals surface area contributed by atoms with E-state index in [0.717, 1.165) is 31.6 Å². The molecule has 2 atom stereocenters. The second-order valence-corrected chi connectivity index (χ2v) is 6.54. The maximum Gasteiger partial charge on any atom is 0.225 e. The molecule has 7 heteroatoms. The largest absolute Gasteiger partial charge is 0.387 e. The number of piperidine rings is 1. The summed E-state index contributed by atoms with van der Waals surface area (Å²) in [6.45, 7) is 6.56. The highest BCUT2D eigenvalue weighted by Gasteiger charge is 2.22. The van der Waals surface area contributed by atoms with E-state index in [1.54, 1.807) is 9.36 Å². The molecule has 1 fully saturated rings. The summed E-state index contributed by atoms with van der Waals surface area (Å²) in [6, 6.07) is 6.23. The zero-order chi connectivity index (χ0) is 15.7. The maximum absolute atomic E-state index is 9.77. The quantitative estimate of drug-likeness (QED) is 0.805. The van der Waals surface area contributed by atoms with Crippen molar-refractivity contribution in [2.24, 2.45) is 0 Å². The van der Waals surface area contributed by atoms with Crippen molar-refractivity contribution >= 4 is 12.2 Å². The molecular formula is C15H22N5OS+. The summed E-state index contributed by atoms with van der Waals surface area (Å²) >= 11 is 5.52.